The molecule has 3 nitrogen and oxygen atoms in total. The van der Waals surface area contributed by atoms with Crippen LogP contribution in [0.1, 0.15) is 17.5 Å². The highest BCUT2D eigenvalue weighted by Gasteiger charge is 2.18. The van der Waals surface area contributed by atoms with Gasteiger partial charge in [-0.05, 0) is 18.9 Å². The molecule has 1 aromatic rings. The van der Waals surface area contributed by atoms with Gasteiger partial charge < -0.3 is 0 Å². The predicted molar refractivity (Wildman–Crippen MR) is 59.2 cm³/mol. The van der Waals surface area contributed by atoms with Gasteiger partial charge in [-0.3, -0.25) is 9.80 Å². The van der Waals surface area contributed by atoms with Crippen molar-refractivity contribution in [1.29, 1.82) is 0 Å². The lowest BCUT2D eigenvalue weighted by molar-refractivity contribution is -0.129. The molecule has 1 amide bonds. The highest BCUT2D eigenvalue weighted by Crippen LogP contribution is 2.06. The van der Waals surface area contributed by atoms with Crippen molar-refractivity contribution in [2.24, 2.45) is 0 Å². The van der Waals surface area contributed by atoms with Gasteiger partial charge in [0.05, 0.1) is 0 Å². The summed E-state index contributed by atoms with van der Waals surface area (Å²) in [6.07, 6.45) is 1.55. The van der Waals surface area contributed by atoms with E-state index in [4.69, 9.17) is 0 Å². The lowest BCUT2D eigenvalue weighted by Gasteiger charge is -2.15. The van der Waals surface area contributed by atoms with Crippen molar-refractivity contribution in [3.8, 4) is 0 Å². The fourth-order valence-corrected chi connectivity index (χ4v) is 1.72. The molecule has 1 fully saturated rings. The normalized spacial score (nSPS) is 16.1. The Labute approximate surface area is 90.1 Å². The number of nitrogens with one attached hydrogen (secondary N) is 1. The van der Waals surface area contributed by atoms with E-state index in [9.17, 15) is 4.79 Å². The smallest absolute Gasteiger partial charge is 0.238 e. The molecule has 1 saturated heterocycles. The first kappa shape index (κ1) is 10.2. The molecular weight excluding hydrogens is 188 g/mol. The van der Waals surface area contributed by atoms with E-state index < -0.39 is 0 Å². The van der Waals surface area contributed by atoms with Crippen molar-refractivity contribution < 1.29 is 4.79 Å². The predicted octanol–water partition coefficient (Wildman–Crippen LogP) is 1.27. The molecule has 3 heteroatoms. The molecular formula is C12H16N2O. The van der Waals surface area contributed by atoms with Crippen molar-refractivity contribution >= 4 is 5.91 Å². The Morgan fingerprint density at radius 2 is 2.07 bits per heavy atom. The highest BCUT2D eigenvalue weighted by molar-refractivity contribution is 5.77. The Hall–Kier alpha value is -1.35. The van der Waals surface area contributed by atoms with E-state index >= 15 is 0 Å². The van der Waals surface area contributed by atoms with Crippen LogP contribution in [0.4, 0.5) is 0 Å². The molecule has 0 saturated carbocycles. The number of amides is 1. The lowest BCUT2D eigenvalue weighted by atomic mass is 10.1. The van der Waals surface area contributed by atoms with Gasteiger partial charge in [-0.15, -0.1) is 0 Å². The van der Waals surface area contributed by atoms with Gasteiger partial charge in [-0.2, -0.15) is 0 Å². The average molecular weight is 204 g/mol. The van der Waals surface area contributed by atoms with Gasteiger partial charge in [0.1, 0.15) is 0 Å². The fraction of sp³-hybridized carbons (Fsp3) is 0.417. The molecule has 2 rings (SSSR count). The third-order valence-electron chi connectivity index (χ3n) is 2.69. The lowest BCUT2D eigenvalue weighted by Crippen LogP contribution is -2.35. The minimum atomic E-state index is 0.210. The zero-order valence-corrected chi connectivity index (χ0v) is 8.99. The molecule has 1 heterocycles. The van der Waals surface area contributed by atoms with Crippen LogP contribution in [0.2, 0.25) is 0 Å². The molecule has 0 spiro atoms. The molecule has 0 aliphatic carbocycles. The number of benzene rings is 1. The Morgan fingerprint density at radius 1 is 1.33 bits per heavy atom. The van der Waals surface area contributed by atoms with Crippen molar-refractivity contribution in [2.75, 3.05) is 13.1 Å². The number of nitrogens with zero attached hydrogens (tertiary/aromatic N) is 1. The Bertz CT molecular complexity index is 345. The van der Waals surface area contributed by atoms with Gasteiger partial charge >= 0.3 is 0 Å². The van der Waals surface area contributed by atoms with E-state index in [0.29, 0.717) is 6.42 Å². The summed E-state index contributed by atoms with van der Waals surface area (Å²) in [7, 11) is 0. The van der Waals surface area contributed by atoms with Crippen LogP contribution < -0.4 is 5.43 Å². The first-order valence-electron chi connectivity index (χ1n) is 5.35. The molecule has 0 unspecified atom stereocenters. The van der Waals surface area contributed by atoms with E-state index in [2.05, 4.69) is 36.6 Å². The van der Waals surface area contributed by atoms with Gasteiger partial charge in [0.15, 0.2) is 0 Å². The maximum Gasteiger partial charge on any atom is 0.238 e. The second-order valence-corrected chi connectivity index (χ2v) is 3.94. The van der Waals surface area contributed by atoms with Gasteiger partial charge in [0.25, 0.3) is 0 Å². The van der Waals surface area contributed by atoms with Crippen LogP contribution in [-0.4, -0.2) is 24.0 Å². The maximum atomic E-state index is 11.3. The number of rotatable bonds is 3. The molecule has 0 bridgehead atoms. The second-order valence-electron chi connectivity index (χ2n) is 3.94. The van der Waals surface area contributed by atoms with Crippen LogP contribution in [0.15, 0.2) is 24.3 Å². The molecule has 1 aliphatic rings. The number of hydrogen-bond acceptors (Lipinski definition) is 2. The molecule has 0 radical (unpaired) electrons. The van der Waals surface area contributed by atoms with Crippen LogP contribution in [0.3, 0.4) is 0 Å². The Balaban J connectivity index is 1.87. The van der Waals surface area contributed by atoms with Gasteiger partial charge in [0, 0.05) is 19.5 Å². The summed E-state index contributed by atoms with van der Waals surface area (Å²) in [5.41, 5.74) is 5.62. The third-order valence-corrected chi connectivity index (χ3v) is 2.69. The zero-order chi connectivity index (χ0) is 10.7. The number of hydrogen-bond donors (Lipinski definition) is 1. The van der Waals surface area contributed by atoms with Gasteiger partial charge in [-0.1, -0.05) is 29.8 Å². The van der Waals surface area contributed by atoms with Crippen LogP contribution >= 0.6 is 0 Å². The molecule has 0 aromatic heterocycles. The van der Waals surface area contributed by atoms with Crippen LogP contribution in [0.5, 0.6) is 0 Å². The van der Waals surface area contributed by atoms with Crippen LogP contribution in [0, 0.1) is 6.92 Å². The number of aryl methyl sites for hydroxylation is 1. The first-order chi connectivity index (χ1) is 7.25. The van der Waals surface area contributed by atoms with Gasteiger partial charge in [0.2, 0.25) is 5.91 Å². The number of hydrazine groups is 1. The fourth-order valence-electron chi connectivity index (χ4n) is 1.72. The Morgan fingerprint density at radius 3 is 2.67 bits per heavy atom. The zero-order valence-electron chi connectivity index (χ0n) is 8.99. The SMILES string of the molecule is Cc1ccc(CCN2NCCC2=O)cc1. The van der Waals surface area contributed by atoms with Gasteiger partial charge in [-0.25, -0.2) is 5.43 Å². The summed E-state index contributed by atoms with van der Waals surface area (Å²) in [6, 6.07) is 8.45. The highest BCUT2D eigenvalue weighted by atomic mass is 16.2. The second kappa shape index (κ2) is 4.45. The molecule has 0 atom stereocenters. The van der Waals surface area contributed by atoms with Crippen LogP contribution in [0.25, 0.3) is 0 Å². The topological polar surface area (TPSA) is 32.3 Å². The minimum absolute atomic E-state index is 0.210. The number of carbonyl (C=O) groups is 1. The van der Waals surface area contributed by atoms with Crippen molar-refractivity contribution in [3.63, 3.8) is 0 Å². The summed E-state index contributed by atoms with van der Waals surface area (Å²) in [4.78, 5) is 11.3. The monoisotopic (exact) mass is 204 g/mol. The van der Waals surface area contributed by atoms with Crippen LogP contribution in [-0.2, 0) is 11.2 Å². The van der Waals surface area contributed by atoms with E-state index in [-0.39, 0.29) is 5.91 Å². The van der Waals surface area contributed by atoms with E-state index in [1.807, 2.05) is 0 Å². The Kier molecular flexibility index (Phi) is 3.02. The molecule has 1 N–H and O–H groups in total. The summed E-state index contributed by atoms with van der Waals surface area (Å²) >= 11 is 0. The quantitative estimate of drug-likeness (QED) is 0.804. The maximum absolute atomic E-state index is 11.3. The molecule has 80 valence electrons. The average Bonchev–Trinajstić information content (AvgIpc) is 2.63. The minimum Gasteiger partial charge on any atom is -0.278 e. The summed E-state index contributed by atoms with van der Waals surface area (Å²) in [5, 5.41) is 1.72. The molecule has 15 heavy (non-hydrogen) atoms. The standard InChI is InChI=1S/C12H16N2O/c1-10-2-4-11(5-3-10)7-9-14-12(15)6-8-13-14/h2-5,13H,6-9H2,1H3. The van der Waals surface area contributed by atoms with E-state index in [1.54, 1.807) is 5.01 Å². The third kappa shape index (κ3) is 2.57. The van der Waals surface area contributed by atoms with Crippen molar-refractivity contribution in [2.45, 2.75) is 19.8 Å². The van der Waals surface area contributed by atoms with E-state index in [1.165, 1.54) is 11.1 Å². The molecule has 1 aromatic carbocycles. The first-order valence-corrected chi connectivity index (χ1v) is 5.35. The largest absolute Gasteiger partial charge is 0.278 e. The number of carbonyl (C=O) groups excluding carboxylic acids is 1. The summed E-state index contributed by atoms with van der Waals surface area (Å²) in [5.74, 6) is 0.210. The summed E-state index contributed by atoms with van der Waals surface area (Å²) in [6.45, 7) is 3.63. The van der Waals surface area contributed by atoms with Crippen molar-refractivity contribution in [3.05, 3.63) is 35.4 Å². The van der Waals surface area contributed by atoms with E-state index in [0.717, 1.165) is 19.5 Å². The summed E-state index contributed by atoms with van der Waals surface area (Å²) < 4.78 is 0. The molecule has 1 aliphatic heterocycles. The van der Waals surface area contributed by atoms with Crippen molar-refractivity contribution in [1.82, 2.24) is 10.4 Å².